The molecule has 4 nitrogen and oxygen atoms in total. The predicted octanol–water partition coefficient (Wildman–Crippen LogP) is 3.23. The highest BCUT2D eigenvalue weighted by Gasteiger charge is 2.54. The van der Waals surface area contributed by atoms with Crippen LogP contribution in [0.1, 0.15) is 67.7 Å². The number of amides is 1. The summed E-state index contributed by atoms with van der Waals surface area (Å²) in [6.45, 7) is 6.26. The molecule has 1 atom stereocenters. The highest BCUT2D eigenvalue weighted by molar-refractivity contribution is 6.17. The van der Waals surface area contributed by atoms with E-state index in [9.17, 15) is 9.59 Å². The van der Waals surface area contributed by atoms with Gasteiger partial charge in [-0.25, -0.2) is 0 Å². The number of hydrogen-bond acceptors (Lipinski definition) is 3. The molecular weight excluding hydrogens is 314 g/mol. The monoisotopic (exact) mass is 343 g/mol. The third-order valence-electron chi connectivity index (χ3n) is 6.02. The molecular formula is C21H29NO3. The van der Waals surface area contributed by atoms with Crippen molar-refractivity contribution in [3.8, 4) is 0 Å². The molecule has 1 aromatic rings. The van der Waals surface area contributed by atoms with Gasteiger partial charge in [0.2, 0.25) is 5.91 Å². The van der Waals surface area contributed by atoms with E-state index in [-0.39, 0.29) is 17.8 Å². The van der Waals surface area contributed by atoms with Gasteiger partial charge < -0.3 is 10.1 Å². The second-order valence-electron chi connectivity index (χ2n) is 7.51. The Balaban J connectivity index is 1.99. The third-order valence-corrected chi connectivity index (χ3v) is 6.02. The van der Waals surface area contributed by atoms with Gasteiger partial charge in [0.05, 0.1) is 11.6 Å². The van der Waals surface area contributed by atoms with Crippen molar-refractivity contribution in [3.05, 3.63) is 34.4 Å². The fourth-order valence-corrected chi connectivity index (χ4v) is 4.63. The Hall–Kier alpha value is -1.68. The van der Waals surface area contributed by atoms with Gasteiger partial charge in [-0.05, 0) is 62.1 Å². The second-order valence-corrected chi connectivity index (χ2v) is 7.51. The van der Waals surface area contributed by atoms with E-state index in [1.165, 1.54) is 5.56 Å². The van der Waals surface area contributed by atoms with E-state index in [1.807, 2.05) is 0 Å². The predicted molar refractivity (Wildman–Crippen MR) is 97.8 cm³/mol. The summed E-state index contributed by atoms with van der Waals surface area (Å²) in [5, 5.41) is 3.09. The van der Waals surface area contributed by atoms with Crippen LogP contribution in [-0.4, -0.2) is 30.4 Å². The number of rotatable bonds is 4. The largest absolute Gasteiger partial charge is 0.381 e. The molecule has 2 aliphatic rings. The highest BCUT2D eigenvalue weighted by atomic mass is 16.5. The third kappa shape index (κ3) is 3.01. The maximum atomic E-state index is 13.4. The van der Waals surface area contributed by atoms with Crippen LogP contribution in [0.2, 0.25) is 0 Å². The van der Waals surface area contributed by atoms with Gasteiger partial charge in [-0.15, -0.1) is 0 Å². The summed E-state index contributed by atoms with van der Waals surface area (Å²) in [4.78, 5) is 26.3. The summed E-state index contributed by atoms with van der Waals surface area (Å²) in [6.07, 6.45) is 4.88. The molecule has 0 bridgehead atoms. The van der Waals surface area contributed by atoms with Crippen molar-refractivity contribution in [2.45, 2.75) is 76.9 Å². The van der Waals surface area contributed by atoms with E-state index >= 15 is 0 Å². The van der Waals surface area contributed by atoms with Gasteiger partial charge in [0, 0.05) is 7.11 Å². The van der Waals surface area contributed by atoms with Crippen LogP contribution in [0.3, 0.4) is 0 Å². The number of aryl methyl sites for hydroxylation is 3. The molecule has 4 heteroatoms. The van der Waals surface area contributed by atoms with Crippen molar-refractivity contribution < 1.29 is 14.3 Å². The SMILES string of the molecule is CCc1cc(C)cc(CC)c1C1C(=O)NC2(CCC(OC)CC2)C1=O. The topological polar surface area (TPSA) is 55.4 Å². The molecule has 1 heterocycles. The molecule has 1 saturated carbocycles. The van der Waals surface area contributed by atoms with E-state index in [0.717, 1.165) is 42.4 Å². The van der Waals surface area contributed by atoms with Gasteiger partial charge in [0.25, 0.3) is 0 Å². The lowest BCUT2D eigenvalue weighted by Gasteiger charge is -2.35. The van der Waals surface area contributed by atoms with E-state index in [4.69, 9.17) is 4.74 Å². The Kier molecular flexibility index (Phi) is 5.01. The summed E-state index contributed by atoms with van der Waals surface area (Å²) in [7, 11) is 1.72. The molecule has 3 rings (SSSR count). The summed E-state index contributed by atoms with van der Waals surface area (Å²) < 4.78 is 5.43. The maximum absolute atomic E-state index is 13.4. The number of carbonyl (C=O) groups is 2. The second kappa shape index (κ2) is 6.91. The number of methoxy groups -OCH3 is 1. The molecule has 1 spiro atoms. The standard InChI is InChI=1S/C21H29NO3/c1-5-14-11-13(3)12-15(6-2)17(14)18-19(23)21(22-20(18)24)9-7-16(25-4)8-10-21/h11-12,16,18H,5-10H2,1-4H3,(H,22,24). The van der Waals surface area contributed by atoms with Crippen molar-refractivity contribution in [3.63, 3.8) is 0 Å². The van der Waals surface area contributed by atoms with Gasteiger partial charge in [0.1, 0.15) is 5.92 Å². The highest BCUT2D eigenvalue weighted by Crippen LogP contribution is 2.41. The molecule has 1 aliphatic heterocycles. The lowest BCUT2D eigenvalue weighted by Crippen LogP contribution is -2.50. The van der Waals surface area contributed by atoms with E-state index in [1.54, 1.807) is 7.11 Å². The molecule has 1 aliphatic carbocycles. The number of benzene rings is 1. The first-order valence-electron chi connectivity index (χ1n) is 9.47. The minimum atomic E-state index is -0.683. The summed E-state index contributed by atoms with van der Waals surface area (Å²) >= 11 is 0. The number of hydrogen-bond donors (Lipinski definition) is 1. The average molecular weight is 343 g/mol. The molecule has 25 heavy (non-hydrogen) atoms. The summed E-state index contributed by atoms with van der Waals surface area (Å²) in [6, 6.07) is 4.25. The normalized spacial score (nSPS) is 29.3. The Bertz CT molecular complexity index is 661. The van der Waals surface area contributed by atoms with E-state index in [2.05, 4.69) is 38.2 Å². The molecule has 2 fully saturated rings. The minimum Gasteiger partial charge on any atom is -0.381 e. The fourth-order valence-electron chi connectivity index (χ4n) is 4.63. The van der Waals surface area contributed by atoms with Crippen molar-refractivity contribution in [1.29, 1.82) is 0 Å². The van der Waals surface area contributed by atoms with Crippen molar-refractivity contribution >= 4 is 11.7 Å². The van der Waals surface area contributed by atoms with Crippen LogP contribution in [0.15, 0.2) is 12.1 Å². The number of ether oxygens (including phenoxy) is 1. The molecule has 0 radical (unpaired) electrons. The van der Waals surface area contributed by atoms with Crippen LogP contribution < -0.4 is 5.32 Å². The number of carbonyl (C=O) groups excluding carboxylic acids is 2. The fraction of sp³-hybridized carbons (Fsp3) is 0.619. The van der Waals surface area contributed by atoms with Gasteiger partial charge in [-0.3, -0.25) is 9.59 Å². The average Bonchev–Trinajstić information content (AvgIpc) is 2.85. The van der Waals surface area contributed by atoms with Crippen LogP contribution in [0.4, 0.5) is 0 Å². The lowest BCUT2D eigenvalue weighted by molar-refractivity contribution is -0.126. The van der Waals surface area contributed by atoms with Crippen molar-refractivity contribution in [2.75, 3.05) is 7.11 Å². The van der Waals surface area contributed by atoms with Crippen LogP contribution in [0.25, 0.3) is 0 Å². The van der Waals surface area contributed by atoms with Crippen LogP contribution in [0, 0.1) is 6.92 Å². The molecule has 1 aromatic carbocycles. The molecule has 136 valence electrons. The van der Waals surface area contributed by atoms with Gasteiger partial charge in [-0.2, -0.15) is 0 Å². The Morgan fingerprint density at radius 1 is 1.12 bits per heavy atom. The van der Waals surface area contributed by atoms with Crippen molar-refractivity contribution in [2.24, 2.45) is 0 Å². The van der Waals surface area contributed by atoms with E-state index in [0.29, 0.717) is 12.8 Å². The maximum Gasteiger partial charge on any atom is 0.235 e. The molecule has 1 unspecified atom stereocenters. The van der Waals surface area contributed by atoms with Gasteiger partial charge in [-0.1, -0.05) is 31.5 Å². The number of Topliss-reactive ketones (excluding diaryl/α,β-unsaturated/α-hetero) is 1. The minimum absolute atomic E-state index is 0.0697. The van der Waals surface area contributed by atoms with Crippen molar-refractivity contribution in [1.82, 2.24) is 5.32 Å². The molecule has 1 amide bonds. The zero-order valence-electron chi connectivity index (χ0n) is 15.8. The Morgan fingerprint density at radius 3 is 2.16 bits per heavy atom. The van der Waals surface area contributed by atoms with Gasteiger partial charge in [0.15, 0.2) is 5.78 Å². The first kappa shape index (κ1) is 18.1. The Morgan fingerprint density at radius 2 is 1.68 bits per heavy atom. The first-order valence-corrected chi connectivity index (χ1v) is 9.47. The quantitative estimate of drug-likeness (QED) is 0.854. The molecule has 1 N–H and O–H groups in total. The van der Waals surface area contributed by atoms with Crippen LogP contribution >= 0.6 is 0 Å². The number of ketones is 1. The lowest BCUT2D eigenvalue weighted by atomic mass is 9.74. The van der Waals surface area contributed by atoms with Crippen LogP contribution in [0.5, 0.6) is 0 Å². The Labute approximate surface area is 150 Å². The first-order chi connectivity index (χ1) is 12.0. The zero-order valence-corrected chi connectivity index (χ0v) is 15.8. The summed E-state index contributed by atoms with van der Waals surface area (Å²) in [5.41, 5.74) is 3.74. The van der Waals surface area contributed by atoms with Crippen LogP contribution in [-0.2, 0) is 27.2 Å². The smallest absolute Gasteiger partial charge is 0.235 e. The molecule has 0 aromatic heterocycles. The molecule has 1 saturated heterocycles. The number of nitrogens with one attached hydrogen (secondary N) is 1. The zero-order chi connectivity index (χ0) is 18.2. The summed E-state index contributed by atoms with van der Waals surface area (Å²) in [5.74, 6) is -0.695. The van der Waals surface area contributed by atoms with Gasteiger partial charge >= 0.3 is 0 Å². The van der Waals surface area contributed by atoms with E-state index < -0.39 is 11.5 Å².